The Balaban J connectivity index is 1.87. The molecule has 2 heterocycles. The van der Waals surface area contributed by atoms with Gasteiger partial charge in [0, 0.05) is 11.6 Å². The summed E-state index contributed by atoms with van der Waals surface area (Å²) in [6.07, 6.45) is 4.00. The molecular formula is C16H24N2O. The summed E-state index contributed by atoms with van der Waals surface area (Å²) in [5, 5.41) is 3.51. The van der Waals surface area contributed by atoms with Gasteiger partial charge in [0.05, 0.1) is 12.1 Å². The van der Waals surface area contributed by atoms with Gasteiger partial charge in [0.1, 0.15) is 12.4 Å². The van der Waals surface area contributed by atoms with Crippen molar-refractivity contribution in [2.24, 2.45) is 0 Å². The second kappa shape index (κ2) is 5.51. The lowest BCUT2D eigenvalue weighted by molar-refractivity contribution is 0.0392. The van der Waals surface area contributed by atoms with Crippen molar-refractivity contribution in [1.82, 2.24) is 10.2 Å². The fourth-order valence-electron chi connectivity index (χ4n) is 3.60. The number of benzene rings is 1. The summed E-state index contributed by atoms with van der Waals surface area (Å²) in [4.78, 5) is 2.64. The zero-order valence-corrected chi connectivity index (χ0v) is 11.9. The van der Waals surface area contributed by atoms with Crippen molar-refractivity contribution in [3.8, 4) is 5.75 Å². The number of ether oxygens (including phenoxy) is 1. The van der Waals surface area contributed by atoms with E-state index in [2.05, 4.69) is 48.5 Å². The van der Waals surface area contributed by atoms with Gasteiger partial charge in [-0.3, -0.25) is 4.90 Å². The van der Waals surface area contributed by atoms with E-state index in [0.29, 0.717) is 18.1 Å². The third kappa shape index (κ3) is 2.37. The van der Waals surface area contributed by atoms with E-state index in [-0.39, 0.29) is 0 Å². The van der Waals surface area contributed by atoms with Crippen LogP contribution in [0.15, 0.2) is 24.3 Å². The van der Waals surface area contributed by atoms with E-state index in [1.54, 1.807) is 0 Å². The van der Waals surface area contributed by atoms with Crippen molar-refractivity contribution in [1.29, 1.82) is 0 Å². The molecule has 3 atom stereocenters. The predicted octanol–water partition coefficient (Wildman–Crippen LogP) is 2.58. The summed E-state index contributed by atoms with van der Waals surface area (Å²) in [5.41, 5.74) is 1.30. The number of hydrogen-bond acceptors (Lipinski definition) is 3. The summed E-state index contributed by atoms with van der Waals surface area (Å²) < 4.78 is 5.99. The fourth-order valence-corrected chi connectivity index (χ4v) is 3.60. The highest BCUT2D eigenvalue weighted by molar-refractivity contribution is 5.38. The Bertz CT molecular complexity index is 435. The van der Waals surface area contributed by atoms with E-state index < -0.39 is 0 Å². The van der Waals surface area contributed by atoms with Gasteiger partial charge in [-0.1, -0.05) is 24.6 Å². The van der Waals surface area contributed by atoms with Crippen LogP contribution in [0, 0.1) is 0 Å². The Morgan fingerprint density at radius 2 is 2.11 bits per heavy atom. The Labute approximate surface area is 115 Å². The molecule has 3 rings (SSSR count). The molecule has 0 saturated carbocycles. The van der Waals surface area contributed by atoms with Gasteiger partial charge in [0.15, 0.2) is 0 Å². The monoisotopic (exact) mass is 260 g/mol. The first-order valence-electron chi connectivity index (χ1n) is 7.46. The van der Waals surface area contributed by atoms with Gasteiger partial charge in [0.2, 0.25) is 0 Å². The molecule has 0 spiro atoms. The van der Waals surface area contributed by atoms with Crippen molar-refractivity contribution in [3.05, 3.63) is 29.8 Å². The van der Waals surface area contributed by atoms with Crippen molar-refractivity contribution < 1.29 is 4.74 Å². The average molecular weight is 260 g/mol. The molecule has 0 aromatic heterocycles. The highest BCUT2D eigenvalue weighted by Gasteiger charge is 2.36. The molecule has 0 radical (unpaired) electrons. The first kappa shape index (κ1) is 12.9. The van der Waals surface area contributed by atoms with Crippen LogP contribution < -0.4 is 10.1 Å². The summed E-state index contributed by atoms with van der Waals surface area (Å²) in [5.74, 6) is 1.04. The smallest absolute Gasteiger partial charge is 0.124 e. The van der Waals surface area contributed by atoms with E-state index in [1.165, 1.54) is 31.4 Å². The van der Waals surface area contributed by atoms with Gasteiger partial charge in [-0.05, 0) is 39.4 Å². The van der Waals surface area contributed by atoms with E-state index in [4.69, 9.17) is 4.74 Å². The molecule has 104 valence electrons. The molecule has 2 aliphatic rings. The van der Waals surface area contributed by atoms with Crippen LogP contribution in [0.1, 0.15) is 37.8 Å². The Morgan fingerprint density at radius 3 is 2.89 bits per heavy atom. The van der Waals surface area contributed by atoms with Gasteiger partial charge in [0.25, 0.3) is 0 Å². The van der Waals surface area contributed by atoms with Crippen molar-refractivity contribution in [3.63, 3.8) is 0 Å². The van der Waals surface area contributed by atoms with Gasteiger partial charge in [-0.2, -0.15) is 0 Å². The third-order valence-corrected chi connectivity index (χ3v) is 4.64. The number of likely N-dealkylation sites (tertiary alicyclic amines) is 1. The lowest BCUT2D eigenvalue weighted by atomic mass is 9.92. The summed E-state index contributed by atoms with van der Waals surface area (Å²) in [6.45, 7) is 4.36. The number of hydrogen-bond donors (Lipinski definition) is 1. The number of piperidine rings is 1. The predicted molar refractivity (Wildman–Crippen MR) is 77.5 cm³/mol. The number of nitrogens with zero attached hydrogens (tertiary/aromatic N) is 1. The molecule has 1 aromatic rings. The normalized spacial score (nSPS) is 31.6. The molecule has 2 aliphatic heterocycles. The largest absolute Gasteiger partial charge is 0.492 e. The molecule has 1 fully saturated rings. The minimum Gasteiger partial charge on any atom is -0.492 e. The van der Waals surface area contributed by atoms with Gasteiger partial charge < -0.3 is 10.1 Å². The Morgan fingerprint density at radius 1 is 1.26 bits per heavy atom. The maximum atomic E-state index is 5.99. The molecule has 0 amide bonds. The molecule has 3 heteroatoms. The third-order valence-electron chi connectivity index (χ3n) is 4.64. The second-order valence-electron chi connectivity index (χ2n) is 5.77. The zero-order chi connectivity index (χ0) is 13.2. The lowest BCUT2D eigenvalue weighted by Gasteiger charge is -2.45. The van der Waals surface area contributed by atoms with Crippen LogP contribution in [0.5, 0.6) is 5.75 Å². The molecule has 3 nitrogen and oxygen atoms in total. The van der Waals surface area contributed by atoms with Crippen LogP contribution in [0.3, 0.4) is 0 Å². The van der Waals surface area contributed by atoms with Crippen LogP contribution in [-0.2, 0) is 0 Å². The number of rotatable bonds is 2. The average Bonchev–Trinajstić information content (AvgIpc) is 2.46. The minimum atomic E-state index is 0.380. The molecule has 19 heavy (non-hydrogen) atoms. The first-order valence-corrected chi connectivity index (χ1v) is 7.46. The molecular weight excluding hydrogens is 236 g/mol. The standard InChI is InChI=1S/C16H24N2O/c1-12-7-5-6-10-18(12)14-11-19-15-9-4-3-8-13(15)16(14)17-2/h3-4,8-9,12,14,16-17H,5-7,10-11H2,1-2H3. The van der Waals surface area contributed by atoms with Crippen LogP contribution >= 0.6 is 0 Å². The summed E-state index contributed by atoms with van der Waals surface area (Å²) >= 11 is 0. The Kier molecular flexibility index (Phi) is 3.76. The first-order chi connectivity index (χ1) is 9.31. The van der Waals surface area contributed by atoms with Crippen LogP contribution in [0.4, 0.5) is 0 Å². The van der Waals surface area contributed by atoms with Crippen LogP contribution in [0.2, 0.25) is 0 Å². The van der Waals surface area contributed by atoms with E-state index in [1.807, 2.05) is 0 Å². The molecule has 1 saturated heterocycles. The number of fused-ring (bicyclic) bond motifs is 1. The minimum absolute atomic E-state index is 0.380. The molecule has 0 aliphatic carbocycles. The zero-order valence-electron chi connectivity index (χ0n) is 11.9. The van der Waals surface area contributed by atoms with Crippen molar-refractivity contribution in [2.45, 2.75) is 44.3 Å². The fraction of sp³-hybridized carbons (Fsp3) is 0.625. The number of para-hydroxylation sites is 1. The number of nitrogens with one attached hydrogen (secondary N) is 1. The quantitative estimate of drug-likeness (QED) is 0.884. The maximum Gasteiger partial charge on any atom is 0.124 e. The highest BCUT2D eigenvalue weighted by atomic mass is 16.5. The molecule has 1 N–H and O–H groups in total. The summed E-state index contributed by atoms with van der Waals surface area (Å²) in [7, 11) is 2.06. The second-order valence-corrected chi connectivity index (χ2v) is 5.77. The SMILES string of the molecule is CNC1c2ccccc2OCC1N1CCCCC1C. The van der Waals surface area contributed by atoms with Gasteiger partial charge in [-0.15, -0.1) is 0 Å². The molecule has 0 bridgehead atoms. The van der Waals surface area contributed by atoms with Crippen molar-refractivity contribution >= 4 is 0 Å². The highest BCUT2D eigenvalue weighted by Crippen LogP contribution is 2.35. The summed E-state index contributed by atoms with van der Waals surface area (Å²) in [6, 6.07) is 9.93. The lowest BCUT2D eigenvalue weighted by Crippen LogP contribution is -2.54. The maximum absolute atomic E-state index is 5.99. The molecule has 1 aromatic carbocycles. The van der Waals surface area contributed by atoms with E-state index in [9.17, 15) is 0 Å². The van der Waals surface area contributed by atoms with Crippen LogP contribution in [0.25, 0.3) is 0 Å². The van der Waals surface area contributed by atoms with Gasteiger partial charge in [-0.25, -0.2) is 0 Å². The van der Waals surface area contributed by atoms with Gasteiger partial charge >= 0.3 is 0 Å². The Hall–Kier alpha value is -1.06. The van der Waals surface area contributed by atoms with E-state index >= 15 is 0 Å². The molecule has 3 unspecified atom stereocenters. The van der Waals surface area contributed by atoms with Crippen molar-refractivity contribution in [2.75, 3.05) is 20.2 Å². The topological polar surface area (TPSA) is 24.5 Å². The number of likely N-dealkylation sites (N-methyl/N-ethyl adjacent to an activating group) is 1. The van der Waals surface area contributed by atoms with Crippen LogP contribution in [-0.4, -0.2) is 37.2 Å². The van der Waals surface area contributed by atoms with E-state index in [0.717, 1.165) is 12.4 Å².